The zero-order valence-electron chi connectivity index (χ0n) is 10.9. The summed E-state index contributed by atoms with van der Waals surface area (Å²) in [6.07, 6.45) is -5.16. The maximum absolute atomic E-state index is 12.8. The van der Waals surface area contributed by atoms with E-state index in [2.05, 4.69) is 5.32 Å². The lowest BCUT2D eigenvalue weighted by Gasteiger charge is -2.28. The zero-order chi connectivity index (χ0) is 16.4. The lowest BCUT2D eigenvalue weighted by Crippen LogP contribution is -2.61. The minimum absolute atomic E-state index is 0.157. The predicted molar refractivity (Wildman–Crippen MR) is 68.2 cm³/mol. The van der Waals surface area contributed by atoms with Gasteiger partial charge in [0.25, 0.3) is 5.91 Å². The molecular formula is C11H11F3N2O4S. The van der Waals surface area contributed by atoms with Crippen molar-refractivity contribution in [2.45, 2.75) is 25.6 Å². The molecule has 3 N–H and O–H groups in total. The molecule has 0 aliphatic carbocycles. The van der Waals surface area contributed by atoms with Gasteiger partial charge in [0, 0.05) is 6.92 Å². The van der Waals surface area contributed by atoms with E-state index in [1.807, 2.05) is 0 Å². The van der Waals surface area contributed by atoms with Crippen molar-refractivity contribution in [2.24, 2.45) is 0 Å². The van der Waals surface area contributed by atoms with Crippen LogP contribution in [0.1, 0.15) is 23.5 Å². The van der Waals surface area contributed by atoms with Crippen LogP contribution in [0.2, 0.25) is 0 Å². The molecule has 1 aromatic rings. The molecule has 116 valence electrons. The van der Waals surface area contributed by atoms with Crippen molar-refractivity contribution >= 4 is 34.1 Å². The Kier molecular flexibility index (Phi) is 4.62. The van der Waals surface area contributed by atoms with Gasteiger partial charge in [0.1, 0.15) is 0 Å². The third-order valence-electron chi connectivity index (χ3n) is 2.49. The fourth-order valence-electron chi connectivity index (χ4n) is 1.23. The van der Waals surface area contributed by atoms with Gasteiger partial charge in [-0.3, -0.25) is 9.59 Å². The van der Waals surface area contributed by atoms with Gasteiger partial charge in [0.2, 0.25) is 11.4 Å². The van der Waals surface area contributed by atoms with E-state index in [0.29, 0.717) is 6.92 Å². The van der Waals surface area contributed by atoms with Gasteiger partial charge < -0.3 is 15.7 Å². The molecule has 10 heteroatoms. The van der Waals surface area contributed by atoms with Crippen LogP contribution in [0.4, 0.5) is 18.2 Å². The number of carbonyl (C=O) groups is 3. The minimum atomic E-state index is -5.16. The molecule has 0 fully saturated rings. The smallest absolute Gasteiger partial charge is 0.422 e. The Hall–Kier alpha value is -2.10. The molecule has 0 bridgehead atoms. The Labute approximate surface area is 121 Å². The standard InChI is InChI=1S/C11H11F3N2O4S/c1-5(17)15-7-4-3-6(21-7)8(18)16-10(2,9(19)20)11(12,13)14/h3-4H,1-2H3,(H,15,17)(H,16,18)(H,19,20). The third kappa shape index (κ3) is 3.72. The number of amides is 2. The number of thiophene rings is 1. The van der Waals surface area contributed by atoms with Crippen LogP contribution < -0.4 is 10.6 Å². The first-order chi connectivity index (χ1) is 9.47. The fraction of sp³-hybridized carbons (Fsp3) is 0.364. The predicted octanol–water partition coefficient (Wildman–Crippen LogP) is 1.84. The third-order valence-corrected chi connectivity index (χ3v) is 3.49. The quantitative estimate of drug-likeness (QED) is 0.787. The Morgan fingerprint density at radius 2 is 1.81 bits per heavy atom. The highest BCUT2D eigenvalue weighted by Gasteiger charge is 2.58. The average molecular weight is 324 g/mol. The number of anilines is 1. The summed E-state index contributed by atoms with van der Waals surface area (Å²) >= 11 is 0.728. The number of hydrogen-bond acceptors (Lipinski definition) is 4. The Bertz CT molecular complexity index is 584. The van der Waals surface area contributed by atoms with E-state index in [4.69, 9.17) is 5.11 Å². The SMILES string of the molecule is CC(=O)Nc1ccc(C(=O)NC(C)(C(=O)O)C(F)(F)F)s1. The zero-order valence-corrected chi connectivity index (χ0v) is 11.7. The van der Waals surface area contributed by atoms with Crippen LogP contribution in [-0.4, -0.2) is 34.6 Å². The fourth-order valence-corrected chi connectivity index (χ4v) is 2.08. The molecule has 1 unspecified atom stereocenters. The van der Waals surface area contributed by atoms with Crippen molar-refractivity contribution in [1.29, 1.82) is 0 Å². The van der Waals surface area contributed by atoms with Gasteiger partial charge in [-0.15, -0.1) is 11.3 Å². The number of rotatable bonds is 4. The van der Waals surface area contributed by atoms with Crippen molar-refractivity contribution in [1.82, 2.24) is 5.32 Å². The van der Waals surface area contributed by atoms with E-state index in [-0.39, 0.29) is 9.88 Å². The van der Waals surface area contributed by atoms with Crippen LogP contribution in [-0.2, 0) is 9.59 Å². The first-order valence-corrected chi connectivity index (χ1v) is 6.29. The largest absolute Gasteiger partial charge is 0.479 e. The minimum Gasteiger partial charge on any atom is -0.479 e. The van der Waals surface area contributed by atoms with E-state index in [1.54, 1.807) is 0 Å². The topological polar surface area (TPSA) is 95.5 Å². The van der Waals surface area contributed by atoms with Gasteiger partial charge in [-0.2, -0.15) is 13.2 Å². The highest BCUT2D eigenvalue weighted by Crippen LogP contribution is 2.31. The average Bonchev–Trinajstić information content (AvgIpc) is 2.74. The second-order valence-corrected chi connectivity index (χ2v) is 5.31. The van der Waals surface area contributed by atoms with Crippen LogP contribution in [0.5, 0.6) is 0 Å². The summed E-state index contributed by atoms with van der Waals surface area (Å²) in [6.45, 7) is 1.58. The summed E-state index contributed by atoms with van der Waals surface area (Å²) in [5.41, 5.74) is -3.40. The second-order valence-electron chi connectivity index (χ2n) is 4.23. The molecule has 1 aromatic heterocycles. The first-order valence-electron chi connectivity index (χ1n) is 5.47. The van der Waals surface area contributed by atoms with Gasteiger partial charge in [0.05, 0.1) is 9.88 Å². The number of aliphatic carboxylic acids is 1. The van der Waals surface area contributed by atoms with Crippen LogP contribution in [0.15, 0.2) is 12.1 Å². The van der Waals surface area contributed by atoms with Gasteiger partial charge in [-0.1, -0.05) is 0 Å². The summed E-state index contributed by atoms with van der Waals surface area (Å²) < 4.78 is 38.3. The van der Waals surface area contributed by atoms with Crippen molar-refractivity contribution in [3.63, 3.8) is 0 Å². The maximum Gasteiger partial charge on any atom is 0.422 e. The van der Waals surface area contributed by atoms with E-state index in [1.165, 1.54) is 24.4 Å². The molecule has 0 aliphatic heterocycles. The monoisotopic (exact) mass is 324 g/mol. The van der Waals surface area contributed by atoms with Crippen LogP contribution >= 0.6 is 11.3 Å². The molecule has 0 saturated heterocycles. The summed E-state index contributed by atoms with van der Waals surface area (Å²) in [6, 6.07) is 2.51. The van der Waals surface area contributed by atoms with Gasteiger partial charge in [-0.25, -0.2) is 4.79 Å². The first kappa shape index (κ1) is 17.0. The van der Waals surface area contributed by atoms with Crippen molar-refractivity contribution in [3.8, 4) is 0 Å². The Morgan fingerprint density at radius 1 is 1.24 bits per heavy atom. The van der Waals surface area contributed by atoms with Crippen molar-refractivity contribution in [2.75, 3.05) is 5.32 Å². The van der Waals surface area contributed by atoms with Crippen molar-refractivity contribution < 1.29 is 32.7 Å². The summed E-state index contributed by atoms with van der Waals surface area (Å²) in [7, 11) is 0. The number of nitrogens with one attached hydrogen (secondary N) is 2. The highest BCUT2D eigenvalue weighted by molar-refractivity contribution is 7.18. The molecule has 0 spiro atoms. The van der Waals surface area contributed by atoms with Crippen LogP contribution in [0.25, 0.3) is 0 Å². The van der Waals surface area contributed by atoms with Crippen LogP contribution in [0, 0.1) is 0 Å². The lowest BCUT2D eigenvalue weighted by molar-refractivity contribution is -0.203. The highest BCUT2D eigenvalue weighted by atomic mass is 32.1. The van der Waals surface area contributed by atoms with Gasteiger partial charge in [0.15, 0.2) is 0 Å². The van der Waals surface area contributed by atoms with E-state index in [9.17, 15) is 27.6 Å². The van der Waals surface area contributed by atoms with Crippen LogP contribution in [0.3, 0.4) is 0 Å². The van der Waals surface area contributed by atoms with E-state index in [0.717, 1.165) is 11.3 Å². The Balaban J connectivity index is 2.96. The molecule has 2 amide bonds. The second kappa shape index (κ2) is 5.72. The van der Waals surface area contributed by atoms with Gasteiger partial charge >= 0.3 is 12.1 Å². The molecule has 21 heavy (non-hydrogen) atoms. The van der Waals surface area contributed by atoms with Crippen molar-refractivity contribution in [3.05, 3.63) is 17.0 Å². The number of halogens is 3. The molecule has 0 radical (unpaired) electrons. The summed E-state index contributed by atoms with van der Waals surface area (Å²) in [4.78, 5) is 33.2. The van der Waals surface area contributed by atoms with Gasteiger partial charge in [-0.05, 0) is 19.1 Å². The molecule has 1 atom stereocenters. The molecule has 0 saturated carbocycles. The maximum atomic E-state index is 12.8. The Morgan fingerprint density at radius 3 is 2.24 bits per heavy atom. The number of carbonyl (C=O) groups excluding carboxylic acids is 2. The normalized spacial score (nSPS) is 14.1. The van der Waals surface area contributed by atoms with E-state index < -0.39 is 29.5 Å². The number of alkyl halides is 3. The molecular weight excluding hydrogens is 313 g/mol. The molecule has 1 heterocycles. The number of hydrogen-bond donors (Lipinski definition) is 3. The molecule has 6 nitrogen and oxygen atoms in total. The summed E-state index contributed by atoms with van der Waals surface area (Å²) in [5.74, 6) is -3.82. The molecule has 1 rings (SSSR count). The summed E-state index contributed by atoms with van der Waals surface area (Å²) in [5, 5.41) is 12.8. The molecule has 0 aromatic carbocycles. The van der Waals surface area contributed by atoms with E-state index >= 15 is 0 Å². The number of carboxylic acids is 1. The molecule has 0 aliphatic rings. The number of carboxylic acid groups (broad SMARTS) is 1. The lowest BCUT2D eigenvalue weighted by atomic mass is 10.0.